The van der Waals surface area contributed by atoms with Gasteiger partial charge >= 0.3 is 6.09 Å². The zero-order chi connectivity index (χ0) is 12.6. The summed E-state index contributed by atoms with van der Waals surface area (Å²) in [7, 11) is 0. The van der Waals surface area contributed by atoms with Gasteiger partial charge in [-0.25, -0.2) is 4.79 Å². The summed E-state index contributed by atoms with van der Waals surface area (Å²) in [5.74, 6) is 1.46. The molecule has 3 rings (SSSR count). The van der Waals surface area contributed by atoms with Gasteiger partial charge in [0.1, 0.15) is 0 Å². The van der Waals surface area contributed by atoms with Crippen LogP contribution in [0.1, 0.15) is 18.9 Å². The highest BCUT2D eigenvalue weighted by Gasteiger charge is 2.37. The number of ether oxygens (including phenoxy) is 3. The van der Waals surface area contributed by atoms with E-state index in [1.165, 1.54) is 0 Å². The Labute approximate surface area is 105 Å². The Morgan fingerprint density at radius 1 is 1.22 bits per heavy atom. The lowest BCUT2D eigenvalue weighted by Gasteiger charge is -2.22. The molecule has 1 saturated heterocycles. The van der Waals surface area contributed by atoms with Crippen LogP contribution in [0.15, 0.2) is 18.2 Å². The van der Waals surface area contributed by atoms with Crippen molar-refractivity contribution in [3.63, 3.8) is 0 Å². The van der Waals surface area contributed by atoms with E-state index in [2.05, 4.69) is 5.32 Å². The zero-order valence-corrected chi connectivity index (χ0v) is 10.2. The summed E-state index contributed by atoms with van der Waals surface area (Å²) in [5.41, 5.74) is 0.270. The maximum Gasteiger partial charge on any atom is 0.408 e. The number of carbonyl (C=O) groups is 1. The van der Waals surface area contributed by atoms with E-state index in [4.69, 9.17) is 14.2 Å². The number of hydrogen-bond acceptors (Lipinski definition) is 4. The first-order chi connectivity index (χ1) is 8.67. The molecule has 0 radical (unpaired) electrons. The molecule has 1 atom stereocenters. The number of rotatable bonds is 1. The Morgan fingerprint density at radius 2 is 2.00 bits per heavy atom. The molecule has 5 nitrogen and oxygen atoms in total. The summed E-state index contributed by atoms with van der Waals surface area (Å²) >= 11 is 0. The van der Waals surface area contributed by atoms with E-state index >= 15 is 0 Å². The number of cyclic esters (lactones) is 1. The van der Waals surface area contributed by atoms with Gasteiger partial charge in [-0.15, -0.1) is 0 Å². The van der Waals surface area contributed by atoms with Crippen LogP contribution in [0.2, 0.25) is 0 Å². The zero-order valence-electron chi connectivity index (χ0n) is 10.2. The van der Waals surface area contributed by atoms with E-state index < -0.39 is 5.60 Å². The van der Waals surface area contributed by atoms with Crippen molar-refractivity contribution in [3.05, 3.63) is 23.8 Å². The second-order valence-electron chi connectivity index (χ2n) is 4.69. The molecule has 1 N–H and O–H groups in total. The van der Waals surface area contributed by atoms with Crippen molar-refractivity contribution in [1.82, 2.24) is 5.32 Å². The highest BCUT2D eigenvalue weighted by atomic mass is 16.6. The summed E-state index contributed by atoms with van der Waals surface area (Å²) in [6.07, 6.45) is 0.488. The van der Waals surface area contributed by atoms with Crippen LogP contribution in [-0.2, 0) is 10.3 Å². The second kappa shape index (κ2) is 4.08. The molecule has 2 heterocycles. The molecule has 1 unspecified atom stereocenters. The van der Waals surface area contributed by atoms with Gasteiger partial charge in [0.25, 0.3) is 0 Å². The van der Waals surface area contributed by atoms with Crippen LogP contribution in [0.4, 0.5) is 4.79 Å². The summed E-state index contributed by atoms with van der Waals surface area (Å²) < 4.78 is 16.5. The summed E-state index contributed by atoms with van der Waals surface area (Å²) in [6, 6.07) is 5.67. The molecule has 0 aromatic heterocycles. The number of amides is 1. The SMILES string of the molecule is CC1(c2ccc3c(c2)OCCCO3)CNC(=O)O1. The fourth-order valence-electron chi connectivity index (χ4n) is 2.17. The normalized spacial score (nSPS) is 26.2. The molecule has 96 valence electrons. The lowest BCUT2D eigenvalue weighted by atomic mass is 9.96. The average Bonchev–Trinajstić information content (AvgIpc) is 2.60. The maximum atomic E-state index is 11.2. The van der Waals surface area contributed by atoms with E-state index in [0.29, 0.717) is 25.5 Å². The number of nitrogens with one attached hydrogen (secondary N) is 1. The molecule has 1 fully saturated rings. The van der Waals surface area contributed by atoms with Crippen molar-refractivity contribution in [2.24, 2.45) is 0 Å². The molecule has 1 amide bonds. The minimum atomic E-state index is -0.637. The number of fused-ring (bicyclic) bond motifs is 1. The topological polar surface area (TPSA) is 56.8 Å². The predicted molar refractivity (Wildman–Crippen MR) is 63.9 cm³/mol. The van der Waals surface area contributed by atoms with Crippen molar-refractivity contribution in [2.75, 3.05) is 19.8 Å². The maximum absolute atomic E-state index is 11.2. The van der Waals surface area contributed by atoms with E-state index in [1.807, 2.05) is 25.1 Å². The van der Waals surface area contributed by atoms with Crippen LogP contribution in [0.5, 0.6) is 11.5 Å². The Bertz CT molecular complexity index is 488. The van der Waals surface area contributed by atoms with Crippen LogP contribution in [0, 0.1) is 0 Å². The largest absolute Gasteiger partial charge is 0.490 e. The summed E-state index contributed by atoms with van der Waals surface area (Å²) in [5, 5.41) is 2.67. The molecular weight excluding hydrogens is 234 g/mol. The van der Waals surface area contributed by atoms with Gasteiger partial charge in [0.2, 0.25) is 0 Å². The molecule has 0 bridgehead atoms. The fourth-order valence-corrected chi connectivity index (χ4v) is 2.17. The van der Waals surface area contributed by atoms with Crippen LogP contribution in [0.3, 0.4) is 0 Å². The van der Waals surface area contributed by atoms with Gasteiger partial charge in [-0.05, 0) is 19.1 Å². The molecule has 2 aliphatic heterocycles. The van der Waals surface area contributed by atoms with Gasteiger partial charge in [0.05, 0.1) is 19.8 Å². The van der Waals surface area contributed by atoms with E-state index in [9.17, 15) is 4.79 Å². The molecule has 1 aromatic carbocycles. The van der Waals surface area contributed by atoms with Crippen LogP contribution < -0.4 is 14.8 Å². The minimum Gasteiger partial charge on any atom is -0.490 e. The lowest BCUT2D eigenvalue weighted by Crippen LogP contribution is -2.26. The Morgan fingerprint density at radius 3 is 2.72 bits per heavy atom. The third-order valence-corrected chi connectivity index (χ3v) is 3.25. The first-order valence-corrected chi connectivity index (χ1v) is 6.04. The molecule has 0 aliphatic carbocycles. The summed E-state index contributed by atoms with van der Waals surface area (Å²) in [4.78, 5) is 11.2. The van der Waals surface area contributed by atoms with Gasteiger partial charge in [-0.3, -0.25) is 0 Å². The van der Waals surface area contributed by atoms with Crippen molar-refractivity contribution in [2.45, 2.75) is 18.9 Å². The van der Waals surface area contributed by atoms with E-state index in [1.54, 1.807) is 0 Å². The third-order valence-electron chi connectivity index (χ3n) is 3.25. The van der Waals surface area contributed by atoms with Crippen molar-refractivity contribution < 1.29 is 19.0 Å². The Hall–Kier alpha value is -1.91. The van der Waals surface area contributed by atoms with Crippen molar-refractivity contribution in [1.29, 1.82) is 0 Å². The molecule has 5 heteroatoms. The van der Waals surface area contributed by atoms with Crippen molar-refractivity contribution >= 4 is 6.09 Å². The number of alkyl carbamates (subject to hydrolysis) is 1. The number of carbonyl (C=O) groups excluding carboxylic acids is 1. The molecule has 0 spiro atoms. The minimum absolute atomic E-state index is 0.385. The molecule has 1 aromatic rings. The van der Waals surface area contributed by atoms with Crippen LogP contribution in [-0.4, -0.2) is 25.9 Å². The highest BCUT2D eigenvalue weighted by Crippen LogP contribution is 2.36. The van der Waals surface area contributed by atoms with Gasteiger partial charge in [-0.1, -0.05) is 6.07 Å². The molecule has 0 saturated carbocycles. The molecule has 18 heavy (non-hydrogen) atoms. The molecular formula is C13H15NO4. The smallest absolute Gasteiger partial charge is 0.408 e. The van der Waals surface area contributed by atoms with Gasteiger partial charge in [0.15, 0.2) is 17.1 Å². The fraction of sp³-hybridized carbons (Fsp3) is 0.462. The van der Waals surface area contributed by atoms with Crippen molar-refractivity contribution in [3.8, 4) is 11.5 Å². The quantitative estimate of drug-likeness (QED) is 0.824. The Balaban J connectivity index is 1.94. The first kappa shape index (κ1) is 11.2. The highest BCUT2D eigenvalue weighted by molar-refractivity contribution is 5.70. The predicted octanol–water partition coefficient (Wildman–Crippen LogP) is 1.80. The number of hydrogen-bond donors (Lipinski definition) is 1. The monoisotopic (exact) mass is 249 g/mol. The van der Waals surface area contributed by atoms with Gasteiger partial charge < -0.3 is 19.5 Å². The average molecular weight is 249 g/mol. The standard InChI is InChI=1S/C13H15NO4/c1-13(8-14-12(15)18-13)9-3-4-10-11(7-9)17-6-2-5-16-10/h3-4,7H,2,5-6,8H2,1H3,(H,14,15). The van der Waals surface area contributed by atoms with Gasteiger partial charge in [-0.2, -0.15) is 0 Å². The Kier molecular flexibility index (Phi) is 2.54. The van der Waals surface area contributed by atoms with E-state index in [0.717, 1.165) is 17.7 Å². The first-order valence-electron chi connectivity index (χ1n) is 6.04. The lowest BCUT2D eigenvalue weighted by molar-refractivity contribution is 0.0702. The third kappa shape index (κ3) is 1.85. The molecule has 2 aliphatic rings. The van der Waals surface area contributed by atoms with Gasteiger partial charge in [0, 0.05) is 12.0 Å². The van der Waals surface area contributed by atoms with Crippen LogP contribution >= 0.6 is 0 Å². The van der Waals surface area contributed by atoms with E-state index in [-0.39, 0.29) is 6.09 Å². The van der Waals surface area contributed by atoms with Crippen LogP contribution in [0.25, 0.3) is 0 Å². The summed E-state index contributed by atoms with van der Waals surface area (Å²) in [6.45, 7) is 3.65. The second-order valence-corrected chi connectivity index (χ2v) is 4.69. The number of benzene rings is 1.